The Hall–Kier alpha value is -1.76. The Balaban J connectivity index is 2.91. The van der Waals surface area contributed by atoms with Gasteiger partial charge in [-0.05, 0) is 26.8 Å². The molecule has 1 aromatic carbocycles. The van der Waals surface area contributed by atoms with Gasteiger partial charge in [-0.3, -0.25) is 20.1 Å². The minimum Gasteiger partial charge on any atom is -0.312 e. The molecule has 23 heavy (non-hydrogen) atoms. The van der Waals surface area contributed by atoms with E-state index in [1.807, 2.05) is 0 Å². The van der Waals surface area contributed by atoms with Crippen molar-refractivity contribution in [3.05, 3.63) is 34.4 Å². The summed E-state index contributed by atoms with van der Waals surface area (Å²) in [5.74, 6) is 0. The molecule has 0 fully saturated rings. The summed E-state index contributed by atoms with van der Waals surface area (Å²) in [4.78, 5) is 10.5. The van der Waals surface area contributed by atoms with Gasteiger partial charge in [0.2, 0.25) is 0 Å². The monoisotopic (exact) mass is 343 g/mol. The van der Waals surface area contributed by atoms with Gasteiger partial charge in [0.1, 0.15) is 5.69 Å². The number of benzene rings is 1. The van der Waals surface area contributed by atoms with Gasteiger partial charge >= 0.3 is 7.60 Å². The van der Waals surface area contributed by atoms with Crippen molar-refractivity contribution in [1.29, 1.82) is 0 Å². The van der Waals surface area contributed by atoms with Crippen molar-refractivity contribution in [2.24, 2.45) is 5.10 Å². The third-order valence-electron chi connectivity index (χ3n) is 3.38. The molecule has 1 aromatic rings. The normalized spacial score (nSPS) is 13.0. The molecule has 0 spiro atoms. The van der Waals surface area contributed by atoms with E-state index < -0.39 is 17.7 Å². The Morgan fingerprint density at radius 2 is 1.91 bits per heavy atom. The molecule has 0 bridgehead atoms. The fraction of sp³-hybridized carbons (Fsp3) is 0.500. The van der Waals surface area contributed by atoms with Gasteiger partial charge in [-0.2, -0.15) is 5.10 Å². The molecule has 1 N–H and O–H groups in total. The number of hydrogen-bond donors (Lipinski definition) is 1. The van der Waals surface area contributed by atoms with Crippen LogP contribution in [0.1, 0.15) is 27.2 Å². The summed E-state index contributed by atoms with van der Waals surface area (Å²) < 4.78 is 22.6. The fourth-order valence-corrected chi connectivity index (χ4v) is 3.77. The van der Waals surface area contributed by atoms with E-state index in [9.17, 15) is 14.7 Å². The van der Waals surface area contributed by atoms with Crippen molar-refractivity contribution in [3.63, 3.8) is 0 Å². The molecule has 0 radical (unpaired) electrons. The van der Waals surface area contributed by atoms with Gasteiger partial charge in [0.15, 0.2) is 0 Å². The summed E-state index contributed by atoms with van der Waals surface area (Å²) in [5.41, 5.74) is 3.51. The van der Waals surface area contributed by atoms with E-state index in [0.717, 1.165) is 0 Å². The second kappa shape index (κ2) is 7.68. The van der Waals surface area contributed by atoms with Gasteiger partial charge in [-0.1, -0.05) is 12.1 Å². The van der Waals surface area contributed by atoms with E-state index in [0.29, 0.717) is 12.1 Å². The minimum absolute atomic E-state index is 0.0669. The molecular formula is C14H22N3O5P. The molecule has 0 heterocycles. The third-order valence-corrected chi connectivity index (χ3v) is 5.98. The number of hydrogen-bond acceptors (Lipinski definition) is 7. The van der Waals surface area contributed by atoms with E-state index in [1.165, 1.54) is 20.3 Å². The molecular weight excluding hydrogens is 321 g/mol. The van der Waals surface area contributed by atoms with Crippen molar-refractivity contribution >= 4 is 24.7 Å². The SMILES string of the molecule is COP(=O)(OC)C(C)(C)C/C(C)=N/Nc1ccccc1[N+](=O)[O-]. The maximum absolute atomic E-state index is 12.5. The summed E-state index contributed by atoms with van der Waals surface area (Å²) in [6.07, 6.45) is 0.333. The Morgan fingerprint density at radius 1 is 1.35 bits per heavy atom. The van der Waals surface area contributed by atoms with Gasteiger partial charge in [0.25, 0.3) is 5.69 Å². The quantitative estimate of drug-likeness (QED) is 0.331. The highest BCUT2D eigenvalue weighted by Crippen LogP contribution is 2.60. The van der Waals surface area contributed by atoms with E-state index >= 15 is 0 Å². The van der Waals surface area contributed by atoms with Crippen LogP contribution in [0.15, 0.2) is 29.4 Å². The molecule has 9 heteroatoms. The number of para-hydroxylation sites is 2. The van der Waals surface area contributed by atoms with Crippen molar-refractivity contribution in [1.82, 2.24) is 0 Å². The maximum Gasteiger partial charge on any atom is 0.336 e. The Kier molecular flexibility index (Phi) is 6.44. The Morgan fingerprint density at radius 3 is 2.43 bits per heavy atom. The van der Waals surface area contributed by atoms with Crippen LogP contribution in [0.25, 0.3) is 0 Å². The molecule has 0 amide bonds. The standard InChI is InChI=1S/C14H22N3O5P/c1-11(10-14(2,3)23(20,21-4)22-5)15-16-12-8-6-7-9-13(12)17(18)19/h6-9,16H,10H2,1-5H3/b15-11+. The average Bonchev–Trinajstić information content (AvgIpc) is 2.51. The Labute approximate surface area is 135 Å². The summed E-state index contributed by atoms with van der Waals surface area (Å²) in [6, 6.07) is 6.21. The topological polar surface area (TPSA) is 103 Å². The number of nitro benzene ring substituents is 1. The first-order valence-electron chi connectivity index (χ1n) is 6.91. The average molecular weight is 343 g/mol. The van der Waals surface area contributed by atoms with Gasteiger partial charge in [-0.25, -0.2) is 0 Å². The zero-order valence-electron chi connectivity index (χ0n) is 13.9. The molecule has 128 valence electrons. The summed E-state index contributed by atoms with van der Waals surface area (Å²) in [5, 5.41) is 14.3. The molecule has 0 saturated heterocycles. The molecule has 1 rings (SSSR count). The van der Waals surface area contributed by atoms with Crippen LogP contribution in [0.2, 0.25) is 0 Å². The van der Waals surface area contributed by atoms with E-state index in [-0.39, 0.29) is 11.4 Å². The maximum atomic E-state index is 12.5. The van der Waals surface area contributed by atoms with E-state index in [4.69, 9.17) is 9.05 Å². The molecule has 0 aliphatic rings. The number of hydrazone groups is 1. The zero-order valence-corrected chi connectivity index (χ0v) is 14.8. The molecule has 0 atom stereocenters. The zero-order chi connectivity index (χ0) is 17.7. The predicted octanol–water partition coefficient (Wildman–Crippen LogP) is 4.04. The first-order chi connectivity index (χ1) is 10.7. The van der Waals surface area contributed by atoms with Crippen LogP contribution >= 0.6 is 7.60 Å². The molecule has 0 aliphatic heterocycles. The third kappa shape index (κ3) is 4.60. The number of rotatable bonds is 8. The van der Waals surface area contributed by atoms with Crippen molar-refractivity contribution < 1.29 is 18.5 Å². The van der Waals surface area contributed by atoms with Gasteiger partial charge in [-0.15, -0.1) is 0 Å². The molecule has 0 aromatic heterocycles. The first kappa shape index (κ1) is 19.3. The van der Waals surface area contributed by atoms with Gasteiger partial charge < -0.3 is 9.05 Å². The highest BCUT2D eigenvalue weighted by Gasteiger charge is 2.42. The molecule has 0 aliphatic carbocycles. The van der Waals surface area contributed by atoms with Crippen LogP contribution in [-0.2, 0) is 13.6 Å². The number of nitrogens with one attached hydrogen (secondary N) is 1. The predicted molar refractivity (Wildman–Crippen MR) is 90.1 cm³/mol. The van der Waals surface area contributed by atoms with Gasteiger partial charge in [0, 0.05) is 32.4 Å². The second-order valence-electron chi connectivity index (χ2n) is 5.58. The highest BCUT2D eigenvalue weighted by atomic mass is 31.2. The summed E-state index contributed by atoms with van der Waals surface area (Å²) in [7, 11) is -0.601. The van der Waals surface area contributed by atoms with Crippen molar-refractivity contribution in [2.75, 3.05) is 19.6 Å². The van der Waals surface area contributed by atoms with Crippen molar-refractivity contribution in [2.45, 2.75) is 32.3 Å². The van der Waals surface area contributed by atoms with Crippen LogP contribution in [0.3, 0.4) is 0 Å². The summed E-state index contributed by atoms with van der Waals surface area (Å²) in [6.45, 7) is 5.24. The van der Waals surface area contributed by atoms with Gasteiger partial charge in [0.05, 0.1) is 10.1 Å². The van der Waals surface area contributed by atoms with Crippen molar-refractivity contribution in [3.8, 4) is 0 Å². The van der Waals surface area contributed by atoms with Crippen LogP contribution in [0.4, 0.5) is 11.4 Å². The minimum atomic E-state index is -3.28. The largest absolute Gasteiger partial charge is 0.336 e. The first-order valence-corrected chi connectivity index (χ1v) is 8.45. The highest BCUT2D eigenvalue weighted by molar-refractivity contribution is 7.55. The number of nitro groups is 1. The Bertz CT molecular complexity index is 637. The lowest BCUT2D eigenvalue weighted by Gasteiger charge is -2.30. The molecule has 0 unspecified atom stereocenters. The van der Waals surface area contributed by atoms with E-state index in [2.05, 4.69) is 10.5 Å². The second-order valence-corrected chi connectivity index (χ2v) is 8.52. The van der Waals surface area contributed by atoms with Crippen LogP contribution in [0.5, 0.6) is 0 Å². The smallest absolute Gasteiger partial charge is 0.312 e. The van der Waals surface area contributed by atoms with Crippen LogP contribution in [0, 0.1) is 10.1 Å². The lowest BCUT2D eigenvalue weighted by molar-refractivity contribution is -0.384. The van der Waals surface area contributed by atoms with Crippen LogP contribution in [-0.4, -0.2) is 30.0 Å². The lowest BCUT2D eigenvalue weighted by Crippen LogP contribution is -2.25. The summed E-state index contributed by atoms with van der Waals surface area (Å²) >= 11 is 0. The fourth-order valence-electron chi connectivity index (χ4n) is 2.21. The molecule has 8 nitrogen and oxygen atoms in total. The number of nitrogens with zero attached hydrogens (tertiary/aromatic N) is 2. The van der Waals surface area contributed by atoms with Crippen LogP contribution < -0.4 is 5.43 Å². The number of anilines is 1. The molecule has 0 saturated carbocycles. The lowest BCUT2D eigenvalue weighted by atomic mass is 10.1. The van der Waals surface area contributed by atoms with E-state index in [1.54, 1.807) is 39.0 Å².